The number of aromatic nitrogens is 2. The molecule has 7 heteroatoms. The first-order valence-corrected chi connectivity index (χ1v) is 9.54. The Bertz CT molecular complexity index is 1120. The fourth-order valence-corrected chi connectivity index (χ4v) is 3.10. The normalized spacial score (nSPS) is 11.6. The molecule has 156 valence electrons. The highest BCUT2D eigenvalue weighted by Gasteiger charge is 2.19. The lowest BCUT2D eigenvalue weighted by atomic mass is 10.0. The number of carbonyl (C=O) groups excluding carboxylic acids is 1. The number of amides is 1. The van der Waals surface area contributed by atoms with Gasteiger partial charge in [-0.05, 0) is 38.5 Å². The maximum Gasteiger partial charge on any atom is 0.267 e. The predicted molar refractivity (Wildman–Crippen MR) is 116 cm³/mol. The van der Waals surface area contributed by atoms with Gasteiger partial charge in [0.25, 0.3) is 5.56 Å². The molecule has 1 N–H and O–H groups in total. The minimum Gasteiger partial charge on any atom is -0.497 e. The number of nitrogens with one attached hydrogen (secondary N) is 1. The van der Waals surface area contributed by atoms with Crippen LogP contribution in [0.3, 0.4) is 0 Å². The quantitative estimate of drug-likeness (QED) is 0.673. The van der Waals surface area contributed by atoms with Gasteiger partial charge in [0.05, 0.1) is 19.9 Å². The molecule has 0 saturated heterocycles. The van der Waals surface area contributed by atoms with E-state index >= 15 is 0 Å². The van der Waals surface area contributed by atoms with Gasteiger partial charge in [-0.2, -0.15) is 5.10 Å². The number of methoxy groups -OCH3 is 2. The summed E-state index contributed by atoms with van der Waals surface area (Å²) in [5.74, 6) is 0.715. The Kier molecular flexibility index (Phi) is 6.20. The standard InChI is InChI=1S/C23H25N3O4/c1-14-6-7-15(2)20(10-14)21-8-9-22(27)26(25-21)16(3)23(28)24-17-11-18(29-4)13-19(12-17)30-5/h6-13,16H,1-5H3,(H,24,28)/t16-/m1/s1. The molecule has 1 atom stereocenters. The average molecular weight is 407 g/mol. The summed E-state index contributed by atoms with van der Waals surface area (Å²) in [4.78, 5) is 25.3. The van der Waals surface area contributed by atoms with Gasteiger partial charge in [-0.1, -0.05) is 17.7 Å². The summed E-state index contributed by atoms with van der Waals surface area (Å²) in [6.07, 6.45) is 0. The molecule has 0 saturated carbocycles. The number of aryl methyl sites for hydroxylation is 2. The van der Waals surface area contributed by atoms with Gasteiger partial charge in [0.2, 0.25) is 5.91 Å². The van der Waals surface area contributed by atoms with E-state index in [0.717, 1.165) is 16.7 Å². The Morgan fingerprint density at radius 2 is 1.67 bits per heavy atom. The second-order valence-electron chi connectivity index (χ2n) is 7.09. The lowest BCUT2D eigenvalue weighted by Gasteiger charge is -2.16. The third kappa shape index (κ3) is 4.51. The fraction of sp³-hybridized carbons (Fsp3) is 0.261. The van der Waals surface area contributed by atoms with E-state index in [4.69, 9.17) is 9.47 Å². The first-order valence-electron chi connectivity index (χ1n) is 9.54. The van der Waals surface area contributed by atoms with Crippen LogP contribution in [-0.2, 0) is 4.79 Å². The minimum atomic E-state index is -0.820. The molecule has 1 heterocycles. The van der Waals surface area contributed by atoms with Crippen LogP contribution in [0.5, 0.6) is 11.5 Å². The summed E-state index contributed by atoms with van der Waals surface area (Å²) >= 11 is 0. The number of ether oxygens (including phenoxy) is 2. The van der Waals surface area contributed by atoms with E-state index in [0.29, 0.717) is 22.9 Å². The Labute approximate surface area is 175 Å². The number of carbonyl (C=O) groups is 1. The Hall–Kier alpha value is -3.61. The van der Waals surface area contributed by atoms with Gasteiger partial charge in [-0.25, -0.2) is 4.68 Å². The van der Waals surface area contributed by atoms with E-state index in [2.05, 4.69) is 10.4 Å². The fourth-order valence-electron chi connectivity index (χ4n) is 3.10. The van der Waals surface area contributed by atoms with Crippen molar-refractivity contribution in [2.45, 2.75) is 26.8 Å². The molecule has 1 aromatic heterocycles. The molecular weight excluding hydrogens is 382 g/mol. The molecule has 0 spiro atoms. The van der Waals surface area contributed by atoms with Crippen LogP contribution >= 0.6 is 0 Å². The molecular formula is C23H25N3O4. The van der Waals surface area contributed by atoms with Crippen LogP contribution in [0.15, 0.2) is 53.3 Å². The summed E-state index contributed by atoms with van der Waals surface area (Å²) in [5.41, 5.74) is 3.84. The first-order chi connectivity index (χ1) is 14.3. The molecule has 7 nitrogen and oxygen atoms in total. The number of benzene rings is 2. The number of nitrogens with zero attached hydrogens (tertiary/aromatic N) is 2. The lowest BCUT2D eigenvalue weighted by Crippen LogP contribution is -2.33. The predicted octanol–water partition coefficient (Wildman–Crippen LogP) is 3.74. The Morgan fingerprint density at radius 1 is 1.00 bits per heavy atom. The Balaban J connectivity index is 1.91. The van der Waals surface area contributed by atoms with Crippen LogP contribution in [-0.4, -0.2) is 29.9 Å². The van der Waals surface area contributed by atoms with Gasteiger partial charge >= 0.3 is 0 Å². The molecule has 0 fully saturated rings. The van der Waals surface area contributed by atoms with Crippen molar-refractivity contribution in [3.8, 4) is 22.8 Å². The summed E-state index contributed by atoms with van der Waals surface area (Å²) in [6.45, 7) is 5.61. The second kappa shape index (κ2) is 8.82. The van der Waals surface area contributed by atoms with E-state index in [1.807, 2.05) is 32.0 Å². The van der Waals surface area contributed by atoms with Gasteiger partial charge in [0, 0.05) is 35.5 Å². The Morgan fingerprint density at radius 3 is 2.30 bits per heavy atom. The summed E-state index contributed by atoms with van der Waals surface area (Å²) < 4.78 is 11.7. The zero-order chi connectivity index (χ0) is 21.8. The maximum atomic E-state index is 12.8. The van der Waals surface area contributed by atoms with Gasteiger partial charge in [-0.15, -0.1) is 0 Å². The van der Waals surface area contributed by atoms with Crippen molar-refractivity contribution in [2.24, 2.45) is 0 Å². The minimum absolute atomic E-state index is 0.352. The van der Waals surface area contributed by atoms with Crippen molar-refractivity contribution in [3.05, 3.63) is 70.0 Å². The van der Waals surface area contributed by atoms with Crippen molar-refractivity contribution >= 4 is 11.6 Å². The van der Waals surface area contributed by atoms with E-state index in [1.54, 1.807) is 31.2 Å². The van der Waals surface area contributed by atoms with Gasteiger partial charge in [-0.3, -0.25) is 9.59 Å². The van der Waals surface area contributed by atoms with Gasteiger partial charge in [0.1, 0.15) is 17.5 Å². The van der Waals surface area contributed by atoms with Crippen molar-refractivity contribution in [1.29, 1.82) is 0 Å². The van der Waals surface area contributed by atoms with E-state index < -0.39 is 6.04 Å². The maximum absolute atomic E-state index is 12.8. The van der Waals surface area contributed by atoms with Crippen LogP contribution < -0.4 is 20.3 Å². The molecule has 3 aromatic rings. The summed E-state index contributed by atoms with van der Waals surface area (Å²) in [7, 11) is 3.07. The number of anilines is 1. The highest BCUT2D eigenvalue weighted by atomic mass is 16.5. The molecule has 0 aliphatic carbocycles. The van der Waals surface area contributed by atoms with Crippen molar-refractivity contribution < 1.29 is 14.3 Å². The average Bonchev–Trinajstić information content (AvgIpc) is 2.75. The molecule has 0 radical (unpaired) electrons. The van der Waals surface area contributed by atoms with Crippen LogP contribution in [0.2, 0.25) is 0 Å². The molecule has 30 heavy (non-hydrogen) atoms. The molecule has 3 rings (SSSR count). The highest BCUT2D eigenvalue weighted by Crippen LogP contribution is 2.26. The van der Waals surface area contributed by atoms with E-state index in [-0.39, 0.29) is 11.5 Å². The zero-order valence-corrected chi connectivity index (χ0v) is 17.7. The topological polar surface area (TPSA) is 82.5 Å². The van der Waals surface area contributed by atoms with E-state index in [1.165, 1.54) is 25.0 Å². The second-order valence-corrected chi connectivity index (χ2v) is 7.09. The monoisotopic (exact) mass is 407 g/mol. The first kappa shape index (κ1) is 21.1. The van der Waals surface area contributed by atoms with Crippen LogP contribution in [0.25, 0.3) is 11.3 Å². The summed E-state index contributed by atoms with van der Waals surface area (Å²) in [6, 6.07) is 13.4. The highest BCUT2D eigenvalue weighted by molar-refractivity contribution is 5.93. The number of rotatable bonds is 6. The zero-order valence-electron chi connectivity index (χ0n) is 17.7. The molecule has 1 amide bonds. The number of hydrogen-bond acceptors (Lipinski definition) is 5. The third-order valence-electron chi connectivity index (χ3n) is 4.86. The van der Waals surface area contributed by atoms with Gasteiger partial charge in [0.15, 0.2) is 0 Å². The SMILES string of the molecule is COc1cc(NC(=O)[C@@H](C)n2nc(-c3cc(C)ccc3C)ccc2=O)cc(OC)c1. The molecule has 0 unspecified atom stereocenters. The molecule has 0 aliphatic rings. The largest absolute Gasteiger partial charge is 0.497 e. The third-order valence-corrected chi connectivity index (χ3v) is 4.86. The number of hydrogen-bond donors (Lipinski definition) is 1. The van der Waals surface area contributed by atoms with Crippen molar-refractivity contribution in [3.63, 3.8) is 0 Å². The molecule has 0 aliphatic heterocycles. The van der Waals surface area contributed by atoms with Crippen LogP contribution in [0.4, 0.5) is 5.69 Å². The van der Waals surface area contributed by atoms with Gasteiger partial charge < -0.3 is 14.8 Å². The molecule has 2 aromatic carbocycles. The van der Waals surface area contributed by atoms with E-state index in [9.17, 15) is 9.59 Å². The van der Waals surface area contributed by atoms with Crippen LogP contribution in [0, 0.1) is 13.8 Å². The van der Waals surface area contributed by atoms with Crippen molar-refractivity contribution in [1.82, 2.24) is 9.78 Å². The van der Waals surface area contributed by atoms with Crippen LogP contribution in [0.1, 0.15) is 24.1 Å². The lowest BCUT2D eigenvalue weighted by molar-refractivity contribution is -0.119. The summed E-state index contributed by atoms with van der Waals surface area (Å²) in [5, 5.41) is 7.27. The molecule has 0 bridgehead atoms. The smallest absolute Gasteiger partial charge is 0.267 e. The van der Waals surface area contributed by atoms with Crippen molar-refractivity contribution in [2.75, 3.05) is 19.5 Å².